The zero-order valence-corrected chi connectivity index (χ0v) is 11.3. The van der Waals surface area contributed by atoms with E-state index >= 15 is 0 Å². The maximum Gasteiger partial charge on any atom is 0.331 e. The van der Waals surface area contributed by atoms with Crippen LogP contribution in [0.3, 0.4) is 0 Å². The summed E-state index contributed by atoms with van der Waals surface area (Å²) >= 11 is 0. The summed E-state index contributed by atoms with van der Waals surface area (Å²) in [5, 5.41) is 5.51. The summed E-state index contributed by atoms with van der Waals surface area (Å²) in [4.78, 5) is 27.3. The van der Waals surface area contributed by atoms with Crippen LogP contribution in [0.15, 0.2) is 43.0 Å². The molecule has 104 valence electrons. The highest BCUT2D eigenvalue weighted by Gasteiger charge is 2.08. The minimum atomic E-state index is -0.304. The average Bonchev–Trinajstić information content (AvgIpc) is 2.92. The van der Waals surface area contributed by atoms with Crippen LogP contribution in [0.5, 0.6) is 0 Å². The first-order valence-corrected chi connectivity index (χ1v) is 6.26. The molecule has 0 aliphatic rings. The van der Waals surface area contributed by atoms with Crippen molar-refractivity contribution in [2.75, 3.05) is 5.32 Å². The third-order valence-electron chi connectivity index (χ3n) is 2.56. The minimum absolute atomic E-state index is 0.0862. The molecule has 2 aromatic rings. The van der Waals surface area contributed by atoms with Gasteiger partial charge in [-0.25, -0.2) is 9.78 Å². The van der Waals surface area contributed by atoms with Crippen LogP contribution in [0.25, 0.3) is 0 Å². The molecule has 1 heterocycles. The van der Waals surface area contributed by atoms with E-state index in [2.05, 4.69) is 15.6 Å². The number of nitrogens with zero attached hydrogens (tertiary/aromatic N) is 2. The maximum absolute atomic E-state index is 11.8. The number of rotatable bonds is 3. The molecule has 0 saturated carbocycles. The standard InChI is InChI=1S/C14H16N4O2/c1-10(2)16-13(19)11-3-5-12(6-4-11)17-14(20)18-8-7-15-9-18/h3-10H,1-2H3,(H,16,19)(H,17,20). The van der Waals surface area contributed by atoms with Crippen LogP contribution >= 0.6 is 0 Å². The van der Waals surface area contributed by atoms with Gasteiger partial charge in [-0.1, -0.05) is 0 Å². The monoisotopic (exact) mass is 272 g/mol. The Kier molecular flexibility index (Phi) is 4.14. The van der Waals surface area contributed by atoms with Gasteiger partial charge in [0.2, 0.25) is 0 Å². The molecule has 0 radical (unpaired) electrons. The molecule has 6 nitrogen and oxygen atoms in total. The second kappa shape index (κ2) is 6.01. The first-order valence-electron chi connectivity index (χ1n) is 6.26. The number of aromatic nitrogens is 2. The highest BCUT2D eigenvalue weighted by molar-refractivity contribution is 5.95. The van der Waals surface area contributed by atoms with Crippen LogP contribution in [0.1, 0.15) is 24.2 Å². The van der Waals surface area contributed by atoms with Gasteiger partial charge in [-0.3, -0.25) is 9.36 Å². The normalized spacial score (nSPS) is 10.3. The Labute approximate surface area is 116 Å². The molecule has 0 spiro atoms. The predicted molar refractivity (Wildman–Crippen MR) is 75.7 cm³/mol. The average molecular weight is 272 g/mol. The number of nitrogens with one attached hydrogen (secondary N) is 2. The fourth-order valence-corrected chi connectivity index (χ4v) is 1.62. The van der Waals surface area contributed by atoms with E-state index in [1.807, 2.05) is 13.8 Å². The first kappa shape index (κ1) is 13.8. The predicted octanol–water partition coefficient (Wildman–Crippen LogP) is 2.10. The van der Waals surface area contributed by atoms with Crippen LogP contribution < -0.4 is 10.6 Å². The third kappa shape index (κ3) is 3.44. The van der Waals surface area contributed by atoms with E-state index in [4.69, 9.17) is 0 Å². The number of amides is 2. The molecular weight excluding hydrogens is 256 g/mol. The fourth-order valence-electron chi connectivity index (χ4n) is 1.62. The van der Waals surface area contributed by atoms with Gasteiger partial charge in [-0.2, -0.15) is 0 Å². The van der Waals surface area contributed by atoms with Gasteiger partial charge in [0.1, 0.15) is 6.33 Å². The summed E-state index contributed by atoms with van der Waals surface area (Å²) in [5.74, 6) is -0.132. The molecule has 0 fully saturated rings. The Morgan fingerprint density at radius 2 is 1.90 bits per heavy atom. The molecular formula is C14H16N4O2. The lowest BCUT2D eigenvalue weighted by atomic mass is 10.2. The number of anilines is 1. The van der Waals surface area contributed by atoms with Gasteiger partial charge in [0.15, 0.2) is 0 Å². The van der Waals surface area contributed by atoms with Crippen LogP contribution in [0, 0.1) is 0 Å². The lowest BCUT2D eigenvalue weighted by Crippen LogP contribution is -2.30. The molecule has 0 unspecified atom stereocenters. The lowest BCUT2D eigenvalue weighted by molar-refractivity contribution is 0.0943. The van der Waals surface area contributed by atoms with Gasteiger partial charge < -0.3 is 10.6 Å². The van der Waals surface area contributed by atoms with Crippen molar-refractivity contribution in [1.29, 1.82) is 0 Å². The van der Waals surface area contributed by atoms with E-state index in [0.29, 0.717) is 11.3 Å². The van der Waals surface area contributed by atoms with Crippen molar-refractivity contribution in [3.05, 3.63) is 48.5 Å². The van der Waals surface area contributed by atoms with Crippen LogP contribution in [-0.2, 0) is 0 Å². The van der Waals surface area contributed by atoms with Crippen LogP contribution in [0.4, 0.5) is 10.5 Å². The topological polar surface area (TPSA) is 76.0 Å². The molecule has 1 aromatic carbocycles. The highest BCUT2D eigenvalue weighted by Crippen LogP contribution is 2.10. The van der Waals surface area contributed by atoms with Crippen molar-refractivity contribution in [2.24, 2.45) is 0 Å². The SMILES string of the molecule is CC(C)NC(=O)c1ccc(NC(=O)n2ccnc2)cc1. The summed E-state index contributed by atoms with van der Waals surface area (Å²) in [6, 6.07) is 6.49. The Morgan fingerprint density at radius 3 is 2.45 bits per heavy atom. The van der Waals surface area contributed by atoms with Crippen LogP contribution in [0.2, 0.25) is 0 Å². The molecule has 0 aliphatic heterocycles. The molecule has 0 atom stereocenters. The summed E-state index contributed by atoms with van der Waals surface area (Å²) in [6.07, 6.45) is 4.50. The van der Waals surface area contributed by atoms with Crippen molar-refractivity contribution in [2.45, 2.75) is 19.9 Å². The van der Waals surface area contributed by atoms with E-state index in [9.17, 15) is 9.59 Å². The van der Waals surface area contributed by atoms with Gasteiger partial charge in [-0.15, -0.1) is 0 Å². The second-order valence-corrected chi connectivity index (χ2v) is 4.61. The van der Waals surface area contributed by atoms with Crippen molar-refractivity contribution in [3.63, 3.8) is 0 Å². The minimum Gasteiger partial charge on any atom is -0.350 e. The van der Waals surface area contributed by atoms with Gasteiger partial charge in [0, 0.05) is 29.7 Å². The molecule has 1 aromatic heterocycles. The molecule has 0 bridgehead atoms. The first-order chi connectivity index (χ1) is 9.56. The molecule has 6 heteroatoms. The Bertz CT molecular complexity index is 588. The molecule has 0 aliphatic carbocycles. The van der Waals surface area contributed by atoms with Gasteiger partial charge >= 0.3 is 6.03 Å². The van der Waals surface area contributed by atoms with Crippen molar-refractivity contribution in [1.82, 2.24) is 14.9 Å². The number of benzene rings is 1. The van der Waals surface area contributed by atoms with Crippen molar-refractivity contribution in [3.8, 4) is 0 Å². The fraction of sp³-hybridized carbons (Fsp3) is 0.214. The van der Waals surface area contributed by atoms with E-state index in [0.717, 1.165) is 0 Å². The van der Waals surface area contributed by atoms with E-state index < -0.39 is 0 Å². The Morgan fingerprint density at radius 1 is 1.20 bits per heavy atom. The zero-order chi connectivity index (χ0) is 14.5. The molecule has 2 amide bonds. The van der Waals surface area contributed by atoms with E-state index in [-0.39, 0.29) is 18.0 Å². The summed E-state index contributed by atoms with van der Waals surface area (Å²) in [5.41, 5.74) is 1.17. The second-order valence-electron chi connectivity index (χ2n) is 4.61. The number of carbonyl (C=O) groups excluding carboxylic acids is 2. The largest absolute Gasteiger partial charge is 0.350 e. The van der Waals surface area contributed by atoms with E-state index in [1.165, 1.54) is 17.1 Å². The van der Waals surface area contributed by atoms with E-state index in [1.54, 1.807) is 30.5 Å². The van der Waals surface area contributed by atoms with Crippen molar-refractivity contribution < 1.29 is 9.59 Å². The highest BCUT2D eigenvalue weighted by atomic mass is 16.2. The zero-order valence-electron chi connectivity index (χ0n) is 11.3. The number of carbonyl (C=O) groups is 2. The molecule has 2 rings (SSSR count). The van der Waals surface area contributed by atoms with Crippen molar-refractivity contribution >= 4 is 17.6 Å². The Balaban J connectivity index is 2.01. The van der Waals surface area contributed by atoms with Crippen LogP contribution in [-0.4, -0.2) is 27.5 Å². The number of hydrogen-bond donors (Lipinski definition) is 2. The lowest BCUT2D eigenvalue weighted by Gasteiger charge is -2.09. The molecule has 2 N–H and O–H groups in total. The molecule has 0 saturated heterocycles. The van der Waals surface area contributed by atoms with Gasteiger partial charge in [-0.05, 0) is 38.1 Å². The third-order valence-corrected chi connectivity index (χ3v) is 2.56. The van der Waals surface area contributed by atoms with Gasteiger partial charge in [0.25, 0.3) is 5.91 Å². The molecule has 20 heavy (non-hydrogen) atoms. The number of hydrogen-bond acceptors (Lipinski definition) is 3. The number of imidazole rings is 1. The quantitative estimate of drug-likeness (QED) is 0.898. The maximum atomic E-state index is 11.8. The smallest absolute Gasteiger partial charge is 0.331 e. The summed E-state index contributed by atoms with van der Waals surface area (Å²) in [6.45, 7) is 3.80. The summed E-state index contributed by atoms with van der Waals surface area (Å²) in [7, 11) is 0. The Hall–Kier alpha value is -2.63. The van der Waals surface area contributed by atoms with Gasteiger partial charge in [0.05, 0.1) is 0 Å². The summed E-state index contributed by atoms with van der Waals surface area (Å²) < 4.78 is 1.33.